The van der Waals surface area contributed by atoms with Gasteiger partial charge in [-0.25, -0.2) is 0 Å². The van der Waals surface area contributed by atoms with Crippen molar-refractivity contribution in [3.05, 3.63) is 29.8 Å². The van der Waals surface area contributed by atoms with Crippen LogP contribution in [0.5, 0.6) is 0 Å². The number of hydrogen-bond donors (Lipinski definition) is 1. The van der Waals surface area contributed by atoms with Gasteiger partial charge in [-0.05, 0) is 43.4 Å². The lowest BCUT2D eigenvalue weighted by Crippen LogP contribution is -2.19. The Morgan fingerprint density at radius 1 is 1.35 bits per heavy atom. The Morgan fingerprint density at radius 2 is 2.06 bits per heavy atom. The molecular weight excluding hydrogens is 210 g/mol. The highest BCUT2D eigenvalue weighted by Crippen LogP contribution is 2.27. The minimum absolute atomic E-state index is 0.365. The normalized spacial score (nSPS) is 21.8. The van der Waals surface area contributed by atoms with E-state index < -0.39 is 0 Å². The lowest BCUT2D eigenvalue weighted by atomic mass is 10.0. The van der Waals surface area contributed by atoms with Crippen molar-refractivity contribution < 1.29 is 5.11 Å². The summed E-state index contributed by atoms with van der Waals surface area (Å²) in [4.78, 5) is 2.46. The average molecular weight is 233 g/mol. The van der Waals surface area contributed by atoms with Crippen LogP contribution in [0.25, 0.3) is 0 Å². The van der Waals surface area contributed by atoms with Gasteiger partial charge in [0.2, 0.25) is 0 Å². The Morgan fingerprint density at radius 3 is 2.65 bits per heavy atom. The molecule has 2 nitrogen and oxygen atoms in total. The zero-order chi connectivity index (χ0) is 12.3. The van der Waals surface area contributed by atoms with Gasteiger partial charge in [-0.2, -0.15) is 0 Å². The fraction of sp³-hybridized carbons (Fsp3) is 0.600. The molecule has 17 heavy (non-hydrogen) atoms. The molecule has 1 fully saturated rings. The van der Waals surface area contributed by atoms with Crippen molar-refractivity contribution in [1.29, 1.82) is 0 Å². The van der Waals surface area contributed by atoms with E-state index in [9.17, 15) is 5.11 Å². The first kappa shape index (κ1) is 12.4. The number of rotatable bonds is 4. The highest BCUT2D eigenvalue weighted by Gasteiger charge is 2.21. The van der Waals surface area contributed by atoms with E-state index in [1.165, 1.54) is 38.0 Å². The third-order valence-electron chi connectivity index (χ3n) is 3.72. The van der Waals surface area contributed by atoms with Crippen molar-refractivity contribution in [1.82, 2.24) is 0 Å². The molecule has 1 aliphatic heterocycles. The van der Waals surface area contributed by atoms with Crippen molar-refractivity contribution in [2.75, 3.05) is 18.0 Å². The van der Waals surface area contributed by atoms with E-state index in [1.807, 2.05) is 19.1 Å². The lowest BCUT2D eigenvalue weighted by molar-refractivity contribution is 0.199. The summed E-state index contributed by atoms with van der Waals surface area (Å²) in [5.74, 6) is 0.872. The zero-order valence-electron chi connectivity index (χ0n) is 10.9. The van der Waals surface area contributed by atoms with Crippen LogP contribution in [0.2, 0.25) is 0 Å². The third kappa shape index (κ3) is 3.01. The van der Waals surface area contributed by atoms with Crippen LogP contribution in [0.4, 0.5) is 5.69 Å². The molecule has 0 aliphatic carbocycles. The smallest absolute Gasteiger partial charge is 0.0761 e. The van der Waals surface area contributed by atoms with Crippen molar-refractivity contribution in [3.63, 3.8) is 0 Å². The van der Waals surface area contributed by atoms with E-state index in [0.717, 1.165) is 11.5 Å². The first-order valence-electron chi connectivity index (χ1n) is 6.73. The molecule has 0 aromatic heterocycles. The maximum atomic E-state index is 9.48. The fourth-order valence-electron chi connectivity index (χ4n) is 2.67. The van der Waals surface area contributed by atoms with Crippen LogP contribution in [-0.2, 0) is 0 Å². The maximum absolute atomic E-state index is 9.48. The fourth-order valence-corrected chi connectivity index (χ4v) is 2.67. The summed E-state index contributed by atoms with van der Waals surface area (Å²) in [5, 5.41) is 9.48. The van der Waals surface area contributed by atoms with Gasteiger partial charge in [0.25, 0.3) is 0 Å². The van der Waals surface area contributed by atoms with Gasteiger partial charge in [0, 0.05) is 18.8 Å². The number of hydrogen-bond acceptors (Lipinski definition) is 2. The molecule has 1 aliphatic rings. The van der Waals surface area contributed by atoms with E-state index in [1.54, 1.807) is 0 Å². The van der Waals surface area contributed by atoms with Gasteiger partial charge in [-0.3, -0.25) is 0 Å². The summed E-state index contributed by atoms with van der Waals surface area (Å²) in [5.41, 5.74) is 2.30. The van der Waals surface area contributed by atoms with Crippen molar-refractivity contribution >= 4 is 5.69 Å². The minimum atomic E-state index is -0.365. The zero-order valence-corrected chi connectivity index (χ0v) is 10.9. The summed E-state index contributed by atoms with van der Waals surface area (Å²) in [6.45, 7) is 6.45. The first-order chi connectivity index (χ1) is 8.20. The molecule has 0 bridgehead atoms. The Balaban J connectivity index is 1.99. The molecule has 1 heterocycles. The van der Waals surface area contributed by atoms with Crippen LogP contribution in [-0.4, -0.2) is 18.2 Å². The minimum Gasteiger partial charge on any atom is -0.389 e. The summed E-state index contributed by atoms with van der Waals surface area (Å²) >= 11 is 0. The van der Waals surface area contributed by atoms with E-state index >= 15 is 0 Å². The van der Waals surface area contributed by atoms with Gasteiger partial charge in [-0.1, -0.05) is 25.5 Å². The molecule has 0 amide bonds. The second-order valence-corrected chi connectivity index (χ2v) is 5.16. The van der Waals surface area contributed by atoms with Crippen molar-refractivity contribution in [2.24, 2.45) is 5.92 Å². The summed E-state index contributed by atoms with van der Waals surface area (Å²) < 4.78 is 0. The Bertz CT molecular complexity index is 344. The number of nitrogens with zero attached hydrogens (tertiary/aromatic N) is 1. The number of aliphatic hydroxyl groups is 1. The second kappa shape index (κ2) is 5.54. The monoisotopic (exact) mass is 233 g/mol. The predicted molar refractivity (Wildman–Crippen MR) is 72.3 cm³/mol. The summed E-state index contributed by atoms with van der Waals surface area (Å²) in [6, 6.07) is 8.34. The molecule has 1 aromatic rings. The molecule has 0 spiro atoms. The standard InChI is InChI=1S/C15H23NO/c1-3-4-13-9-10-16(11-13)15-7-5-14(6-8-15)12(2)17/h5-8,12-13,17H,3-4,9-11H2,1-2H3. The molecule has 1 aromatic carbocycles. The number of aliphatic hydroxyl groups excluding tert-OH is 1. The van der Waals surface area contributed by atoms with Crippen LogP contribution in [0.15, 0.2) is 24.3 Å². The second-order valence-electron chi connectivity index (χ2n) is 5.16. The molecule has 1 saturated heterocycles. The topological polar surface area (TPSA) is 23.5 Å². The van der Waals surface area contributed by atoms with E-state index in [4.69, 9.17) is 0 Å². The average Bonchev–Trinajstić information content (AvgIpc) is 2.78. The van der Waals surface area contributed by atoms with Gasteiger partial charge in [0.05, 0.1) is 6.10 Å². The summed E-state index contributed by atoms with van der Waals surface area (Å²) in [7, 11) is 0. The maximum Gasteiger partial charge on any atom is 0.0761 e. The van der Waals surface area contributed by atoms with E-state index in [2.05, 4.69) is 24.0 Å². The molecule has 0 radical (unpaired) electrons. The molecule has 2 atom stereocenters. The van der Waals surface area contributed by atoms with Gasteiger partial charge in [-0.15, -0.1) is 0 Å². The predicted octanol–water partition coefficient (Wildman–Crippen LogP) is 3.37. The highest BCUT2D eigenvalue weighted by molar-refractivity contribution is 5.48. The molecule has 2 heteroatoms. The largest absolute Gasteiger partial charge is 0.389 e. The number of anilines is 1. The van der Waals surface area contributed by atoms with Gasteiger partial charge in [0.15, 0.2) is 0 Å². The van der Waals surface area contributed by atoms with Crippen molar-refractivity contribution in [3.8, 4) is 0 Å². The van der Waals surface area contributed by atoms with E-state index in [-0.39, 0.29) is 6.10 Å². The quantitative estimate of drug-likeness (QED) is 0.862. The summed E-state index contributed by atoms with van der Waals surface area (Å²) in [6.07, 6.45) is 3.60. The van der Waals surface area contributed by atoms with Gasteiger partial charge in [0.1, 0.15) is 0 Å². The van der Waals surface area contributed by atoms with Crippen molar-refractivity contribution in [2.45, 2.75) is 39.2 Å². The lowest BCUT2D eigenvalue weighted by Gasteiger charge is -2.19. The van der Waals surface area contributed by atoms with Crippen LogP contribution >= 0.6 is 0 Å². The van der Waals surface area contributed by atoms with Gasteiger partial charge < -0.3 is 10.0 Å². The molecule has 1 N–H and O–H groups in total. The SMILES string of the molecule is CCCC1CCN(c2ccc(C(C)O)cc2)C1. The molecule has 2 unspecified atom stereocenters. The van der Waals surface area contributed by atoms with Crippen LogP contribution in [0, 0.1) is 5.92 Å². The Hall–Kier alpha value is -1.02. The van der Waals surface area contributed by atoms with E-state index in [0.29, 0.717) is 0 Å². The number of benzene rings is 1. The van der Waals surface area contributed by atoms with Crippen LogP contribution < -0.4 is 4.90 Å². The highest BCUT2D eigenvalue weighted by atomic mass is 16.3. The Kier molecular flexibility index (Phi) is 4.06. The molecule has 2 rings (SSSR count). The molecule has 0 saturated carbocycles. The first-order valence-corrected chi connectivity index (χ1v) is 6.73. The van der Waals surface area contributed by atoms with Crippen LogP contribution in [0.1, 0.15) is 44.8 Å². The van der Waals surface area contributed by atoms with Gasteiger partial charge >= 0.3 is 0 Å². The Labute approximate surface area is 104 Å². The molecular formula is C15H23NO. The molecule has 94 valence electrons. The third-order valence-corrected chi connectivity index (χ3v) is 3.72. The van der Waals surface area contributed by atoms with Crippen LogP contribution in [0.3, 0.4) is 0 Å².